The van der Waals surface area contributed by atoms with Crippen LogP contribution in [0.25, 0.3) is 0 Å². The largest absolute Gasteiger partial charge is 0.364 e. The Labute approximate surface area is 98.4 Å². The molecule has 1 unspecified atom stereocenters. The Bertz CT molecular complexity index is 279. The van der Waals surface area contributed by atoms with E-state index in [0.717, 1.165) is 13.0 Å². The maximum Gasteiger partial charge on any atom is 0.118 e. The molecule has 1 fully saturated rings. The van der Waals surface area contributed by atoms with Crippen LogP contribution in [-0.2, 0) is 4.74 Å². The van der Waals surface area contributed by atoms with E-state index in [1.54, 1.807) is 0 Å². The van der Waals surface area contributed by atoms with Crippen LogP contribution < -0.4 is 0 Å². The summed E-state index contributed by atoms with van der Waals surface area (Å²) in [7, 11) is 0. The Hall–Kier alpha value is -1.03. The summed E-state index contributed by atoms with van der Waals surface area (Å²) in [6.07, 6.45) is 3.94. The second-order valence-electron chi connectivity index (χ2n) is 3.98. The van der Waals surface area contributed by atoms with Crippen molar-refractivity contribution in [3.63, 3.8) is 0 Å². The molecule has 3 nitrogen and oxygen atoms in total. The fourth-order valence-electron chi connectivity index (χ4n) is 1.72. The van der Waals surface area contributed by atoms with E-state index in [1.165, 1.54) is 25.9 Å². The second kappa shape index (κ2) is 8.16. The minimum atomic E-state index is -0.00375. The molecule has 16 heavy (non-hydrogen) atoms. The Kier molecular flexibility index (Phi) is 6.65. The molecule has 0 aromatic heterocycles. The van der Waals surface area contributed by atoms with Gasteiger partial charge in [-0.15, -0.1) is 0 Å². The summed E-state index contributed by atoms with van der Waals surface area (Å²) in [5.41, 5.74) is 0. The van der Waals surface area contributed by atoms with Crippen molar-refractivity contribution < 1.29 is 4.74 Å². The fourth-order valence-corrected chi connectivity index (χ4v) is 1.72. The summed E-state index contributed by atoms with van der Waals surface area (Å²) in [5, 5.41) is 8.40. The molecule has 0 saturated carbocycles. The zero-order chi connectivity index (χ0) is 11.6. The van der Waals surface area contributed by atoms with Crippen LogP contribution in [0.2, 0.25) is 0 Å². The third-order valence-corrected chi connectivity index (χ3v) is 2.67. The first kappa shape index (κ1) is 13.0. The fraction of sp³-hybridized carbons (Fsp3) is 0.769. The molecule has 0 N–H and O–H groups in total. The van der Waals surface area contributed by atoms with Crippen molar-refractivity contribution in [3.05, 3.63) is 0 Å². The summed E-state index contributed by atoms with van der Waals surface area (Å²) in [4.78, 5) is 2.37. The molecule has 3 heteroatoms. The highest BCUT2D eigenvalue weighted by Gasteiger charge is 2.09. The summed E-state index contributed by atoms with van der Waals surface area (Å²) in [5.74, 6) is 6.31. The molecule has 1 aliphatic rings. The van der Waals surface area contributed by atoms with Gasteiger partial charge in [-0.1, -0.05) is 18.8 Å². The molecular formula is C13H20N2O. The van der Waals surface area contributed by atoms with Gasteiger partial charge in [-0.3, -0.25) is 4.90 Å². The summed E-state index contributed by atoms with van der Waals surface area (Å²) < 4.78 is 5.48. The summed E-state index contributed by atoms with van der Waals surface area (Å²) in [6, 6.07) is 2.07. The second-order valence-corrected chi connectivity index (χ2v) is 3.98. The van der Waals surface area contributed by atoms with Crippen molar-refractivity contribution in [2.24, 2.45) is 0 Å². The van der Waals surface area contributed by atoms with E-state index in [2.05, 4.69) is 29.7 Å². The Morgan fingerprint density at radius 1 is 1.38 bits per heavy atom. The van der Waals surface area contributed by atoms with Gasteiger partial charge in [0.05, 0.1) is 25.6 Å². The highest BCUT2D eigenvalue weighted by Crippen LogP contribution is 2.05. The molecule has 0 aromatic rings. The van der Waals surface area contributed by atoms with E-state index in [1.807, 2.05) is 0 Å². The highest BCUT2D eigenvalue weighted by atomic mass is 16.5. The average Bonchev–Trinajstić information content (AvgIpc) is 2.80. The number of nitriles is 1. The van der Waals surface area contributed by atoms with Crippen LogP contribution in [0.3, 0.4) is 0 Å². The number of hydrogen-bond acceptors (Lipinski definition) is 3. The van der Waals surface area contributed by atoms with Gasteiger partial charge in [0.15, 0.2) is 0 Å². The summed E-state index contributed by atoms with van der Waals surface area (Å²) >= 11 is 0. The van der Waals surface area contributed by atoms with E-state index in [9.17, 15) is 0 Å². The Morgan fingerprint density at radius 3 is 2.75 bits per heavy atom. The number of ether oxygens (including phenoxy) is 1. The first-order valence-electron chi connectivity index (χ1n) is 6.06. The van der Waals surface area contributed by atoms with Gasteiger partial charge in [0.2, 0.25) is 0 Å². The number of rotatable bonds is 5. The van der Waals surface area contributed by atoms with Crippen molar-refractivity contribution in [1.29, 1.82) is 5.26 Å². The van der Waals surface area contributed by atoms with Crippen molar-refractivity contribution in [3.8, 4) is 17.9 Å². The maximum atomic E-state index is 8.40. The van der Waals surface area contributed by atoms with Crippen LogP contribution >= 0.6 is 0 Å². The first-order valence-corrected chi connectivity index (χ1v) is 6.06. The summed E-state index contributed by atoms with van der Waals surface area (Å²) in [6.45, 7) is 5.77. The van der Waals surface area contributed by atoms with Crippen LogP contribution in [0.4, 0.5) is 0 Å². The predicted molar refractivity (Wildman–Crippen MR) is 63.7 cm³/mol. The van der Waals surface area contributed by atoms with Gasteiger partial charge in [-0.2, -0.15) is 5.26 Å². The highest BCUT2D eigenvalue weighted by molar-refractivity contribution is 5.07. The van der Waals surface area contributed by atoms with Crippen molar-refractivity contribution in [1.82, 2.24) is 4.90 Å². The molecule has 0 radical (unpaired) electrons. The average molecular weight is 220 g/mol. The van der Waals surface area contributed by atoms with E-state index < -0.39 is 0 Å². The third kappa shape index (κ3) is 5.16. The van der Waals surface area contributed by atoms with Crippen LogP contribution in [0.1, 0.15) is 32.6 Å². The number of nitrogens with zero attached hydrogens (tertiary/aromatic N) is 2. The van der Waals surface area contributed by atoms with Gasteiger partial charge in [0, 0.05) is 0 Å². The van der Waals surface area contributed by atoms with Gasteiger partial charge in [0.25, 0.3) is 0 Å². The lowest BCUT2D eigenvalue weighted by atomic mass is 10.3. The quantitative estimate of drug-likeness (QED) is 0.523. The standard InChI is InChI=1S/C13H20N2O/c1-2-13(16-12-6-8-14)7-5-11-15-9-3-4-10-15/h13H,2-4,6,9-12H2,1H3. The molecule has 1 aliphatic heterocycles. The van der Waals surface area contributed by atoms with Crippen LogP contribution in [0, 0.1) is 23.2 Å². The van der Waals surface area contributed by atoms with Crippen LogP contribution in [0.5, 0.6) is 0 Å². The van der Waals surface area contributed by atoms with E-state index in [0.29, 0.717) is 13.0 Å². The van der Waals surface area contributed by atoms with Gasteiger partial charge >= 0.3 is 0 Å². The van der Waals surface area contributed by atoms with Gasteiger partial charge in [-0.05, 0) is 32.4 Å². The molecule has 88 valence electrons. The lowest BCUT2D eigenvalue weighted by Crippen LogP contribution is -2.19. The lowest BCUT2D eigenvalue weighted by molar-refractivity contribution is 0.0935. The third-order valence-electron chi connectivity index (χ3n) is 2.67. The minimum Gasteiger partial charge on any atom is -0.364 e. The molecule has 0 aromatic carbocycles. The molecule has 0 amide bonds. The van der Waals surface area contributed by atoms with E-state index >= 15 is 0 Å². The molecule has 1 heterocycles. The molecule has 0 spiro atoms. The van der Waals surface area contributed by atoms with Crippen molar-refractivity contribution in [2.45, 2.75) is 38.7 Å². The molecule has 0 bridgehead atoms. The van der Waals surface area contributed by atoms with Crippen molar-refractivity contribution >= 4 is 0 Å². The zero-order valence-electron chi connectivity index (χ0n) is 10.0. The minimum absolute atomic E-state index is 0.00375. The van der Waals surface area contributed by atoms with Crippen LogP contribution in [0.15, 0.2) is 0 Å². The van der Waals surface area contributed by atoms with Gasteiger partial charge in [-0.25, -0.2) is 0 Å². The Balaban J connectivity index is 2.20. The SMILES string of the molecule is CCC(C#CCN1CCCC1)OCCC#N. The zero-order valence-corrected chi connectivity index (χ0v) is 10.0. The molecule has 1 atom stereocenters. The number of likely N-dealkylation sites (tertiary alicyclic amines) is 1. The molecule has 0 aliphatic carbocycles. The van der Waals surface area contributed by atoms with E-state index in [4.69, 9.17) is 10.00 Å². The van der Waals surface area contributed by atoms with Gasteiger partial charge in [0.1, 0.15) is 6.10 Å². The lowest BCUT2D eigenvalue weighted by Gasteiger charge is -2.10. The molecular weight excluding hydrogens is 200 g/mol. The van der Waals surface area contributed by atoms with Gasteiger partial charge < -0.3 is 4.74 Å². The van der Waals surface area contributed by atoms with Crippen LogP contribution in [-0.4, -0.2) is 37.2 Å². The molecule has 1 rings (SSSR count). The van der Waals surface area contributed by atoms with Crippen molar-refractivity contribution in [2.75, 3.05) is 26.2 Å². The molecule has 1 saturated heterocycles. The number of hydrogen-bond donors (Lipinski definition) is 0. The Morgan fingerprint density at radius 2 is 2.12 bits per heavy atom. The van der Waals surface area contributed by atoms with E-state index in [-0.39, 0.29) is 6.10 Å². The normalized spacial score (nSPS) is 17.5. The topological polar surface area (TPSA) is 36.3 Å². The predicted octanol–water partition coefficient (Wildman–Crippen LogP) is 1.79. The maximum absolute atomic E-state index is 8.40. The first-order chi connectivity index (χ1) is 7.86. The monoisotopic (exact) mass is 220 g/mol. The smallest absolute Gasteiger partial charge is 0.118 e.